The van der Waals surface area contributed by atoms with Crippen LogP contribution in [0, 0.1) is 18.5 Å². The van der Waals surface area contributed by atoms with E-state index in [1.54, 1.807) is 6.20 Å². The van der Waals surface area contributed by atoms with Gasteiger partial charge >= 0.3 is 20.1 Å². The van der Waals surface area contributed by atoms with Crippen molar-refractivity contribution in [3.8, 4) is 16.9 Å². The van der Waals surface area contributed by atoms with Gasteiger partial charge in [-0.2, -0.15) is 12.1 Å². The number of hydrogen-bond acceptors (Lipinski definition) is 2. The molecular weight excluding hydrogens is 693 g/mol. The summed E-state index contributed by atoms with van der Waals surface area (Å²) >= 11 is 0. The number of nitrogens with zero attached hydrogens (tertiary/aromatic N) is 4. The van der Waals surface area contributed by atoms with Gasteiger partial charge in [0.1, 0.15) is 0 Å². The van der Waals surface area contributed by atoms with Crippen LogP contribution in [0.25, 0.3) is 28.0 Å². The third kappa shape index (κ3) is 5.23. The van der Waals surface area contributed by atoms with Crippen LogP contribution in [0.4, 0.5) is 11.4 Å². The van der Waals surface area contributed by atoms with Gasteiger partial charge in [-0.25, -0.2) is 0 Å². The predicted octanol–water partition coefficient (Wildman–Crippen LogP) is 8.30. The minimum atomic E-state index is 0. The van der Waals surface area contributed by atoms with Crippen molar-refractivity contribution in [3.63, 3.8) is 0 Å². The van der Waals surface area contributed by atoms with Gasteiger partial charge in [0.05, 0.1) is 17.6 Å². The van der Waals surface area contributed by atoms with Gasteiger partial charge in [-0.1, -0.05) is 82.8 Å². The Balaban J connectivity index is 0.000000228. The Morgan fingerprint density at radius 3 is 2.43 bits per heavy atom. The first kappa shape index (κ1) is 30.2. The summed E-state index contributed by atoms with van der Waals surface area (Å²) in [7, 11) is 2.23. The molecule has 0 unspecified atom stereocenters. The molecule has 7 rings (SSSR count). The van der Waals surface area contributed by atoms with Gasteiger partial charge in [-0.05, 0) is 48.8 Å². The first-order valence-corrected chi connectivity index (χ1v) is 14.9. The molecule has 216 valence electrons. The van der Waals surface area contributed by atoms with Crippen LogP contribution < -0.4 is 9.47 Å². The number of hydrogen-bond donors (Lipinski definition) is 0. The van der Waals surface area contributed by atoms with E-state index in [9.17, 15) is 0 Å². The number of unbranched alkanes of at least 4 members (excludes halogenated alkanes) is 1. The fourth-order valence-corrected chi connectivity index (χ4v) is 6.43. The van der Waals surface area contributed by atoms with E-state index in [1.807, 2.05) is 42.5 Å². The quantitative estimate of drug-likeness (QED) is 0.137. The van der Waals surface area contributed by atoms with E-state index >= 15 is 0 Å². The fourth-order valence-electron chi connectivity index (χ4n) is 6.43. The second-order valence-electron chi connectivity index (χ2n) is 12.7. The van der Waals surface area contributed by atoms with Crippen LogP contribution in [0.2, 0.25) is 0 Å². The Labute approximate surface area is 264 Å². The normalized spacial score (nSPS) is 15.6. The molecule has 4 nitrogen and oxygen atoms in total. The molecule has 0 saturated carbocycles. The monoisotopic (exact) mass is 733 g/mol. The number of aryl methyl sites for hydroxylation is 1. The van der Waals surface area contributed by atoms with Crippen molar-refractivity contribution in [1.29, 1.82) is 0 Å². The average molecular weight is 733 g/mol. The Hall–Kier alpha value is -3.27. The number of rotatable bonds is 4. The summed E-state index contributed by atoms with van der Waals surface area (Å²) in [6.45, 7) is 12.8. The van der Waals surface area contributed by atoms with Crippen molar-refractivity contribution >= 4 is 22.4 Å². The second kappa shape index (κ2) is 11.8. The molecule has 1 aliphatic heterocycles. The van der Waals surface area contributed by atoms with Gasteiger partial charge < -0.3 is 19.0 Å². The van der Waals surface area contributed by atoms with Crippen LogP contribution in [-0.4, -0.2) is 16.6 Å². The molecule has 1 aliphatic carbocycles. The van der Waals surface area contributed by atoms with Crippen LogP contribution in [-0.2, 0) is 37.5 Å². The van der Waals surface area contributed by atoms with E-state index in [1.165, 1.54) is 59.2 Å². The second-order valence-corrected chi connectivity index (χ2v) is 12.7. The molecule has 5 heteroatoms. The largest absolute Gasteiger partial charge is 3.00 e. The molecule has 2 aromatic heterocycles. The van der Waals surface area contributed by atoms with Crippen LogP contribution in [0.15, 0.2) is 72.9 Å². The minimum Gasteiger partial charge on any atom is -0.407 e. The Morgan fingerprint density at radius 1 is 0.929 bits per heavy atom. The summed E-state index contributed by atoms with van der Waals surface area (Å²) in [5.41, 5.74) is 11.5. The maximum Gasteiger partial charge on any atom is 3.00 e. The van der Waals surface area contributed by atoms with Crippen molar-refractivity contribution in [1.82, 2.24) is 9.55 Å². The summed E-state index contributed by atoms with van der Waals surface area (Å²) in [6, 6.07) is 29.4. The first-order valence-electron chi connectivity index (χ1n) is 14.9. The SMILES string of the molecule is CCCCn1[c-][n+]2c3c(cccc31)N(C)c1c-2[c-]cc2c1C(C)(C)CCC2(C)C.[Ir+3].[c-]1ccccc1-c1ccccn1. The molecule has 42 heavy (non-hydrogen) atoms. The van der Waals surface area contributed by atoms with E-state index in [0.29, 0.717) is 0 Å². The first-order chi connectivity index (χ1) is 19.7. The van der Waals surface area contributed by atoms with E-state index in [0.717, 1.165) is 23.5 Å². The number of fused-ring (bicyclic) bond motifs is 4. The third-order valence-corrected chi connectivity index (χ3v) is 8.90. The van der Waals surface area contributed by atoms with Crippen molar-refractivity contribution in [2.75, 3.05) is 11.9 Å². The zero-order valence-electron chi connectivity index (χ0n) is 25.6. The molecule has 0 spiro atoms. The van der Waals surface area contributed by atoms with Crippen molar-refractivity contribution in [2.24, 2.45) is 0 Å². The molecule has 0 atom stereocenters. The zero-order valence-corrected chi connectivity index (χ0v) is 28.0. The molecule has 3 heterocycles. The topological polar surface area (TPSA) is 24.9 Å². The van der Waals surface area contributed by atoms with Gasteiger partial charge in [0.15, 0.2) is 0 Å². The molecule has 0 radical (unpaired) electrons. The molecule has 5 aromatic rings. The van der Waals surface area contributed by atoms with Gasteiger partial charge in [-0.3, -0.25) is 0 Å². The van der Waals surface area contributed by atoms with Crippen LogP contribution in [0.1, 0.15) is 71.4 Å². The van der Waals surface area contributed by atoms with Gasteiger partial charge in [0, 0.05) is 11.9 Å². The molecular formula is C37H40IrN4+. The Kier molecular flexibility index (Phi) is 8.47. The number of pyridine rings is 1. The third-order valence-electron chi connectivity index (χ3n) is 8.90. The molecule has 0 amide bonds. The number of anilines is 2. The van der Waals surface area contributed by atoms with Crippen LogP contribution in [0.5, 0.6) is 0 Å². The summed E-state index contributed by atoms with van der Waals surface area (Å²) in [5.74, 6) is 0. The van der Waals surface area contributed by atoms with E-state index in [2.05, 4.69) is 103 Å². The van der Waals surface area contributed by atoms with Gasteiger partial charge in [-0.15, -0.1) is 47.0 Å². The molecule has 0 bridgehead atoms. The molecule has 0 N–H and O–H groups in total. The summed E-state index contributed by atoms with van der Waals surface area (Å²) in [4.78, 5) is 6.63. The molecule has 2 aliphatic rings. The summed E-state index contributed by atoms with van der Waals surface area (Å²) < 4.78 is 4.57. The van der Waals surface area contributed by atoms with Crippen LogP contribution >= 0.6 is 0 Å². The molecule has 3 aromatic carbocycles. The number of aromatic nitrogens is 3. The maximum absolute atomic E-state index is 4.22. The summed E-state index contributed by atoms with van der Waals surface area (Å²) in [6.07, 6.45) is 10.2. The van der Waals surface area contributed by atoms with Crippen molar-refractivity contribution < 1.29 is 24.7 Å². The van der Waals surface area contributed by atoms with E-state index in [-0.39, 0.29) is 30.9 Å². The fraction of sp³-hybridized carbons (Fsp3) is 0.351. The molecule has 0 saturated heterocycles. The average Bonchev–Trinajstić information content (AvgIpc) is 3.37. The van der Waals surface area contributed by atoms with Gasteiger partial charge in [0.2, 0.25) is 6.33 Å². The maximum atomic E-state index is 4.22. The predicted molar refractivity (Wildman–Crippen MR) is 168 cm³/mol. The summed E-state index contributed by atoms with van der Waals surface area (Å²) in [5, 5.41) is 0. The Morgan fingerprint density at radius 2 is 1.71 bits per heavy atom. The zero-order chi connectivity index (χ0) is 28.8. The number of para-hydroxylation sites is 1. The molecule has 0 fully saturated rings. The number of benzene rings is 3. The van der Waals surface area contributed by atoms with Crippen molar-refractivity contribution in [3.05, 3.63) is 103 Å². The van der Waals surface area contributed by atoms with E-state index < -0.39 is 0 Å². The van der Waals surface area contributed by atoms with Crippen molar-refractivity contribution in [2.45, 2.75) is 77.7 Å². The van der Waals surface area contributed by atoms with E-state index in [4.69, 9.17) is 0 Å². The minimum absolute atomic E-state index is 0. The standard InChI is InChI=1S/C26H32N3.C11H8N.Ir/c1-7-8-16-28-17-29-21-13-12-18-22(26(4,5)15-14-25(18,2)3)24(21)27(6)19-10-9-11-20(28)23(19)29;1-2-6-10(7-3-1)11-8-4-5-9-12-11;/h9-12H,7-8,14-16H2,1-6H3;1-6,8-9H;/q2*-1;+3. The number of imidazole rings is 1. The Bertz CT molecular complexity index is 1650. The smallest absolute Gasteiger partial charge is 0.407 e. The van der Waals surface area contributed by atoms with Gasteiger partial charge in [0.25, 0.3) is 0 Å². The van der Waals surface area contributed by atoms with Crippen LogP contribution in [0.3, 0.4) is 0 Å².